The second-order valence-corrected chi connectivity index (χ2v) is 3.96. The molecule has 6 heteroatoms. The molecule has 0 radical (unpaired) electrons. The van der Waals surface area contributed by atoms with E-state index in [0.29, 0.717) is 24.2 Å². The van der Waals surface area contributed by atoms with Crippen molar-refractivity contribution in [3.05, 3.63) is 16.6 Å². The summed E-state index contributed by atoms with van der Waals surface area (Å²) < 4.78 is 0.921. The van der Waals surface area contributed by atoms with Crippen LogP contribution < -0.4 is 11.1 Å². The first-order valence-corrected chi connectivity index (χ1v) is 5.41. The van der Waals surface area contributed by atoms with Gasteiger partial charge in [-0.05, 0) is 11.4 Å². The van der Waals surface area contributed by atoms with Crippen molar-refractivity contribution in [3.8, 4) is 0 Å². The molecule has 4 nitrogen and oxygen atoms in total. The number of aromatic nitrogens is 2. The summed E-state index contributed by atoms with van der Waals surface area (Å²) in [5.41, 5.74) is 6.23. The third kappa shape index (κ3) is 1.79. The second-order valence-electron chi connectivity index (χ2n) is 2.69. The van der Waals surface area contributed by atoms with Gasteiger partial charge in [-0.1, -0.05) is 11.6 Å². The Labute approximate surface area is 90.1 Å². The maximum absolute atomic E-state index is 5.97. The fourth-order valence-corrected chi connectivity index (χ4v) is 2.11. The summed E-state index contributed by atoms with van der Waals surface area (Å²) >= 11 is 7.51. The molecule has 2 aromatic heterocycles. The van der Waals surface area contributed by atoms with E-state index in [1.165, 1.54) is 11.3 Å². The van der Waals surface area contributed by atoms with Crippen LogP contribution in [0.5, 0.6) is 0 Å². The van der Waals surface area contributed by atoms with Gasteiger partial charge in [-0.25, -0.2) is 4.98 Å². The summed E-state index contributed by atoms with van der Waals surface area (Å²) in [7, 11) is 0. The van der Waals surface area contributed by atoms with Crippen LogP contribution in [0.1, 0.15) is 0 Å². The van der Waals surface area contributed by atoms with Crippen LogP contribution in [0, 0.1) is 0 Å². The number of nitrogens with one attached hydrogen (secondary N) is 1. The van der Waals surface area contributed by atoms with Crippen molar-refractivity contribution in [2.75, 3.05) is 18.4 Å². The Bertz CT molecular complexity index is 442. The van der Waals surface area contributed by atoms with Crippen LogP contribution in [0.3, 0.4) is 0 Å². The largest absolute Gasteiger partial charge is 0.353 e. The Hall–Kier alpha value is -0.910. The highest BCUT2D eigenvalue weighted by Gasteiger charge is 2.05. The lowest BCUT2D eigenvalue weighted by atomic mass is 10.5. The molecule has 0 aliphatic carbocycles. The van der Waals surface area contributed by atoms with Crippen LogP contribution in [0.25, 0.3) is 10.2 Å². The van der Waals surface area contributed by atoms with Crippen LogP contribution in [0.4, 0.5) is 5.95 Å². The number of nitrogens with zero attached hydrogens (tertiary/aromatic N) is 2. The van der Waals surface area contributed by atoms with Crippen molar-refractivity contribution in [3.63, 3.8) is 0 Å². The number of halogens is 1. The van der Waals surface area contributed by atoms with E-state index in [-0.39, 0.29) is 0 Å². The van der Waals surface area contributed by atoms with E-state index in [9.17, 15) is 0 Å². The molecule has 0 aliphatic rings. The fraction of sp³-hybridized carbons (Fsp3) is 0.250. The molecule has 14 heavy (non-hydrogen) atoms. The molecule has 2 heterocycles. The number of hydrogen-bond acceptors (Lipinski definition) is 5. The molecule has 0 fully saturated rings. The molecule has 0 saturated heterocycles. The van der Waals surface area contributed by atoms with Gasteiger partial charge in [0.05, 0.1) is 10.2 Å². The average molecular weight is 229 g/mol. The summed E-state index contributed by atoms with van der Waals surface area (Å²) in [6, 6.07) is 1.92. The molecule has 0 unspecified atom stereocenters. The van der Waals surface area contributed by atoms with Crippen molar-refractivity contribution in [1.29, 1.82) is 0 Å². The van der Waals surface area contributed by atoms with Crippen molar-refractivity contribution in [2.45, 2.75) is 0 Å². The number of thiophene rings is 1. The van der Waals surface area contributed by atoms with Gasteiger partial charge in [-0.3, -0.25) is 0 Å². The third-order valence-electron chi connectivity index (χ3n) is 1.69. The molecule has 3 N–H and O–H groups in total. The lowest BCUT2D eigenvalue weighted by Gasteiger charge is -2.02. The average Bonchev–Trinajstić information content (AvgIpc) is 2.63. The lowest BCUT2D eigenvalue weighted by Crippen LogP contribution is -2.14. The molecule has 0 saturated carbocycles. The highest BCUT2D eigenvalue weighted by molar-refractivity contribution is 7.17. The fourth-order valence-electron chi connectivity index (χ4n) is 1.09. The molecular weight excluding hydrogens is 220 g/mol. The van der Waals surface area contributed by atoms with Gasteiger partial charge >= 0.3 is 0 Å². The van der Waals surface area contributed by atoms with Crippen molar-refractivity contribution in [1.82, 2.24) is 9.97 Å². The lowest BCUT2D eigenvalue weighted by molar-refractivity contribution is 0.996. The number of fused-ring (bicyclic) bond motifs is 1. The molecule has 0 atom stereocenters. The van der Waals surface area contributed by atoms with E-state index < -0.39 is 0 Å². The molecule has 2 rings (SSSR count). The molecule has 0 bridgehead atoms. The van der Waals surface area contributed by atoms with Crippen LogP contribution in [-0.2, 0) is 0 Å². The summed E-state index contributed by atoms with van der Waals surface area (Å²) in [6.45, 7) is 1.19. The smallest absolute Gasteiger partial charge is 0.224 e. The predicted molar refractivity (Wildman–Crippen MR) is 60.0 cm³/mol. The van der Waals surface area contributed by atoms with E-state index in [2.05, 4.69) is 15.3 Å². The van der Waals surface area contributed by atoms with Crippen LogP contribution in [0.15, 0.2) is 11.4 Å². The van der Waals surface area contributed by atoms with Gasteiger partial charge in [-0.15, -0.1) is 11.3 Å². The zero-order chi connectivity index (χ0) is 9.97. The van der Waals surface area contributed by atoms with Gasteiger partial charge in [-0.2, -0.15) is 4.98 Å². The molecular formula is C8H9ClN4S. The van der Waals surface area contributed by atoms with E-state index in [0.717, 1.165) is 10.2 Å². The normalized spacial score (nSPS) is 10.7. The third-order valence-corrected chi connectivity index (χ3v) is 2.99. The first-order valence-electron chi connectivity index (χ1n) is 4.16. The molecule has 74 valence electrons. The summed E-state index contributed by atoms with van der Waals surface area (Å²) in [5, 5.41) is 5.42. The standard InChI is InChI=1S/C8H9ClN4S/c9-7-6-5(1-4-14-6)12-8(13-7)11-3-2-10/h1,4H,2-3,10H2,(H,11,12,13). The van der Waals surface area contributed by atoms with Crippen LogP contribution in [-0.4, -0.2) is 23.1 Å². The Kier molecular flexibility index (Phi) is 2.81. The summed E-state index contributed by atoms with van der Waals surface area (Å²) in [5.74, 6) is 0.534. The monoisotopic (exact) mass is 228 g/mol. The maximum atomic E-state index is 5.97. The SMILES string of the molecule is NCCNc1nc(Cl)c2sccc2n1. The summed E-state index contributed by atoms with van der Waals surface area (Å²) in [4.78, 5) is 8.39. The number of rotatable bonds is 3. The Morgan fingerprint density at radius 2 is 2.36 bits per heavy atom. The Morgan fingerprint density at radius 3 is 3.14 bits per heavy atom. The van der Waals surface area contributed by atoms with E-state index in [1.807, 2.05) is 11.4 Å². The first-order chi connectivity index (χ1) is 6.81. The van der Waals surface area contributed by atoms with Gasteiger partial charge in [0.1, 0.15) is 0 Å². The summed E-state index contributed by atoms with van der Waals surface area (Å²) in [6.07, 6.45) is 0. The van der Waals surface area contributed by atoms with Gasteiger partial charge in [0, 0.05) is 13.1 Å². The Balaban J connectivity index is 2.38. The van der Waals surface area contributed by atoms with Crippen molar-refractivity contribution < 1.29 is 0 Å². The second kappa shape index (κ2) is 4.08. The van der Waals surface area contributed by atoms with Gasteiger partial charge in [0.25, 0.3) is 0 Å². The Morgan fingerprint density at radius 1 is 1.50 bits per heavy atom. The molecule has 0 aliphatic heterocycles. The highest BCUT2D eigenvalue weighted by atomic mass is 35.5. The number of anilines is 1. The minimum absolute atomic E-state index is 0.490. The van der Waals surface area contributed by atoms with Gasteiger partial charge in [0.2, 0.25) is 5.95 Å². The molecule has 0 amide bonds. The molecule has 0 spiro atoms. The minimum atomic E-state index is 0.490. The minimum Gasteiger partial charge on any atom is -0.353 e. The quantitative estimate of drug-likeness (QED) is 0.786. The van der Waals surface area contributed by atoms with Gasteiger partial charge < -0.3 is 11.1 Å². The van der Waals surface area contributed by atoms with Crippen molar-refractivity contribution >= 4 is 39.1 Å². The zero-order valence-electron chi connectivity index (χ0n) is 7.33. The maximum Gasteiger partial charge on any atom is 0.224 e. The first kappa shape index (κ1) is 9.64. The van der Waals surface area contributed by atoms with E-state index in [4.69, 9.17) is 17.3 Å². The van der Waals surface area contributed by atoms with Crippen LogP contribution >= 0.6 is 22.9 Å². The zero-order valence-corrected chi connectivity index (χ0v) is 8.90. The van der Waals surface area contributed by atoms with Gasteiger partial charge in [0.15, 0.2) is 5.15 Å². The number of nitrogens with two attached hydrogens (primary N) is 1. The van der Waals surface area contributed by atoms with Crippen LogP contribution in [0.2, 0.25) is 5.15 Å². The van der Waals surface area contributed by atoms with E-state index in [1.54, 1.807) is 0 Å². The predicted octanol–water partition coefficient (Wildman–Crippen LogP) is 1.72. The molecule has 0 aromatic carbocycles. The van der Waals surface area contributed by atoms with E-state index >= 15 is 0 Å². The topological polar surface area (TPSA) is 63.8 Å². The molecule has 2 aromatic rings. The highest BCUT2D eigenvalue weighted by Crippen LogP contribution is 2.26. The number of hydrogen-bond donors (Lipinski definition) is 2. The van der Waals surface area contributed by atoms with Crippen molar-refractivity contribution in [2.24, 2.45) is 5.73 Å².